The number of benzene rings is 1. The van der Waals surface area contributed by atoms with Crippen molar-refractivity contribution in [2.45, 2.75) is 19.9 Å². The number of halogens is 2. The lowest BCUT2D eigenvalue weighted by molar-refractivity contribution is 0.141. The van der Waals surface area contributed by atoms with E-state index in [9.17, 15) is 0 Å². The molecule has 1 atom stereocenters. The van der Waals surface area contributed by atoms with Crippen molar-refractivity contribution in [1.82, 2.24) is 0 Å². The molecule has 1 unspecified atom stereocenters. The molecule has 0 aliphatic heterocycles. The van der Waals surface area contributed by atoms with E-state index < -0.39 is 0 Å². The molecule has 4 heteroatoms. The Morgan fingerprint density at radius 2 is 2.07 bits per heavy atom. The van der Waals surface area contributed by atoms with Crippen LogP contribution in [-0.4, -0.2) is 19.3 Å². The van der Waals surface area contributed by atoms with Crippen molar-refractivity contribution in [1.29, 1.82) is 0 Å². The molecule has 15 heavy (non-hydrogen) atoms. The Morgan fingerprint density at radius 1 is 1.33 bits per heavy atom. The Balaban J connectivity index is 2.53. The highest BCUT2D eigenvalue weighted by Crippen LogP contribution is 2.25. The minimum atomic E-state index is 0.252. The summed E-state index contributed by atoms with van der Waals surface area (Å²) in [6, 6.07) is 5.74. The fourth-order valence-corrected chi connectivity index (χ4v) is 1.50. The van der Waals surface area contributed by atoms with Gasteiger partial charge in [-0.2, -0.15) is 0 Å². The maximum absolute atomic E-state index is 5.90. The molecule has 0 heterocycles. The van der Waals surface area contributed by atoms with Crippen LogP contribution in [0.5, 0.6) is 0 Å². The summed E-state index contributed by atoms with van der Waals surface area (Å²) >= 11 is 11.7. The van der Waals surface area contributed by atoms with Crippen molar-refractivity contribution in [3.63, 3.8) is 0 Å². The van der Waals surface area contributed by atoms with Crippen LogP contribution in [0.2, 0.25) is 10.0 Å². The third-order valence-electron chi connectivity index (χ3n) is 1.90. The zero-order valence-electron chi connectivity index (χ0n) is 8.89. The number of anilines is 1. The first-order valence-corrected chi connectivity index (χ1v) is 5.68. The summed E-state index contributed by atoms with van der Waals surface area (Å²) in [7, 11) is 0. The lowest BCUT2D eigenvalue weighted by atomic mass is 10.3. The van der Waals surface area contributed by atoms with E-state index in [4.69, 9.17) is 27.9 Å². The molecule has 1 rings (SSSR count). The molecule has 0 amide bonds. The first-order valence-electron chi connectivity index (χ1n) is 4.92. The molecule has 84 valence electrons. The maximum Gasteiger partial charge on any atom is 0.0664 e. The fraction of sp³-hybridized carbons (Fsp3) is 0.455. The van der Waals surface area contributed by atoms with Crippen LogP contribution >= 0.6 is 23.2 Å². The third kappa shape index (κ3) is 4.29. The molecule has 0 saturated carbocycles. The van der Waals surface area contributed by atoms with E-state index in [2.05, 4.69) is 12.2 Å². The average Bonchev–Trinajstić information content (AvgIpc) is 2.20. The summed E-state index contributed by atoms with van der Waals surface area (Å²) in [5.41, 5.74) is 0.955. The Kier molecular flexibility index (Phi) is 5.23. The molecule has 1 N–H and O–H groups in total. The van der Waals surface area contributed by atoms with E-state index in [1.54, 1.807) is 6.07 Å². The molecule has 1 aromatic rings. The SMILES string of the molecule is CCOCC(C)Nc1ccc(Cl)c(Cl)c1. The van der Waals surface area contributed by atoms with Gasteiger partial charge in [0.15, 0.2) is 0 Å². The van der Waals surface area contributed by atoms with E-state index in [0.717, 1.165) is 12.3 Å². The zero-order chi connectivity index (χ0) is 11.3. The van der Waals surface area contributed by atoms with Crippen molar-refractivity contribution in [3.05, 3.63) is 28.2 Å². The standard InChI is InChI=1S/C11H15Cl2NO/c1-3-15-7-8(2)14-9-4-5-10(12)11(13)6-9/h4-6,8,14H,3,7H2,1-2H3. The Labute approximate surface area is 101 Å². The third-order valence-corrected chi connectivity index (χ3v) is 2.64. The monoisotopic (exact) mass is 247 g/mol. The van der Waals surface area contributed by atoms with Crippen molar-refractivity contribution >= 4 is 28.9 Å². The summed E-state index contributed by atoms with van der Waals surface area (Å²) in [5.74, 6) is 0. The van der Waals surface area contributed by atoms with Gasteiger partial charge in [-0.15, -0.1) is 0 Å². The van der Waals surface area contributed by atoms with Gasteiger partial charge < -0.3 is 10.1 Å². The smallest absolute Gasteiger partial charge is 0.0664 e. The quantitative estimate of drug-likeness (QED) is 0.854. The molecule has 0 aromatic heterocycles. The Hall–Kier alpha value is -0.440. The van der Waals surface area contributed by atoms with Gasteiger partial charge >= 0.3 is 0 Å². The average molecular weight is 248 g/mol. The van der Waals surface area contributed by atoms with Crippen LogP contribution in [0, 0.1) is 0 Å². The zero-order valence-corrected chi connectivity index (χ0v) is 10.4. The van der Waals surface area contributed by atoms with Gasteiger partial charge in [-0.25, -0.2) is 0 Å². The molecule has 0 spiro atoms. The summed E-state index contributed by atoms with van der Waals surface area (Å²) in [4.78, 5) is 0. The van der Waals surface area contributed by atoms with Crippen LogP contribution in [0.1, 0.15) is 13.8 Å². The first-order chi connectivity index (χ1) is 7.13. The first kappa shape index (κ1) is 12.6. The second kappa shape index (κ2) is 6.21. The highest BCUT2D eigenvalue weighted by atomic mass is 35.5. The Morgan fingerprint density at radius 3 is 2.67 bits per heavy atom. The van der Waals surface area contributed by atoms with Gasteiger partial charge in [-0.05, 0) is 32.0 Å². The number of nitrogens with one attached hydrogen (secondary N) is 1. The molecule has 0 bridgehead atoms. The van der Waals surface area contributed by atoms with Gasteiger partial charge in [0, 0.05) is 18.3 Å². The van der Waals surface area contributed by atoms with Crippen LogP contribution < -0.4 is 5.32 Å². The van der Waals surface area contributed by atoms with E-state index in [-0.39, 0.29) is 6.04 Å². The second-order valence-electron chi connectivity index (χ2n) is 3.33. The number of hydrogen-bond acceptors (Lipinski definition) is 2. The number of hydrogen-bond donors (Lipinski definition) is 1. The van der Waals surface area contributed by atoms with Gasteiger partial charge in [-0.1, -0.05) is 23.2 Å². The van der Waals surface area contributed by atoms with Crippen LogP contribution in [0.4, 0.5) is 5.69 Å². The summed E-state index contributed by atoms with van der Waals surface area (Å²) in [6.07, 6.45) is 0. The molecular weight excluding hydrogens is 233 g/mol. The highest BCUT2D eigenvalue weighted by Gasteiger charge is 2.03. The normalized spacial score (nSPS) is 12.5. The van der Waals surface area contributed by atoms with Crippen molar-refractivity contribution < 1.29 is 4.74 Å². The van der Waals surface area contributed by atoms with Crippen LogP contribution in [0.3, 0.4) is 0 Å². The molecule has 0 saturated heterocycles. The predicted molar refractivity (Wildman–Crippen MR) is 66.0 cm³/mol. The van der Waals surface area contributed by atoms with E-state index in [0.29, 0.717) is 16.7 Å². The van der Waals surface area contributed by atoms with Crippen LogP contribution in [0.15, 0.2) is 18.2 Å². The fourth-order valence-electron chi connectivity index (χ4n) is 1.21. The highest BCUT2D eigenvalue weighted by molar-refractivity contribution is 6.42. The van der Waals surface area contributed by atoms with Crippen molar-refractivity contribution in [2.75, 3.05) is 18.5 Å². The van der Waals surface area contributed by atoms with Crippen LogP contribution in [0.25, 0.3) is 0 Å². The van der Waals surface area contributed by atoms with Gasteiger partial charge in [-0.3, -0.25) is 0 Å². The van der Waals surface area contributed by atoms with Crippen molar-refractivity contribution in [2.24, 2.45) is 0 Å². The maximum atomic E-state index is 5.90. The summed E-state index contributed by atoms with van der Waals surface area (Å²) < 4.78 is 5.30. The van der Waals surface area contributed by atoms with Crippen molar-refractivity contribution in [3.8, 4) is 0 Å². The molecule has 2 nitrogen and oxygen atoms in total. The van der Waals surface area contributed by atoms with Gasteiger partial charge in [0.25, 0.3) is 0 Å². The molecule has 1 aromatic carbocycles. The molecular formula is C11H15Cl2NO. The minimum absolute atomic E-state index is 0.252. The molecule has 0 aliphatic rings. The van der Waals surface area contributed by atoms with E-state index >= 15 is 0 Å². The molecule has 0 radical (unpaired) electrons. The minimum Gasteiger partial charge on any atom is -0.380 e. The Bertz CT molecular complexity index is 317. The number of rotatable bonds is 5. The molecule has 0 aliphatic carbocycles. The second-order valence-corrected chi connectivity index (χ2v) is 4.15. The predicted octanol–water partition coefficient (Wildman–Crippen LogP) is 3.83. The van der Waals surface area contributed by atoms with E-state index in [1.165, 1.54) is 0 Å². The lowest BCUT2D eigenvalue weighted by Gasteiger charge is -2.15. The summed E-state index contributed by atoms with van der Waals surface area (Å²) in [6.45, 7) is 5.44. The largest absolute Gasteiger partial charge is 0.380 e. The van der Waals surface area contributed by atoms with Gasteiger partial charge in [0.2, 0.25) is 0 Å². The summed E-state index contributed by atoms with van der Waals surface area (Å²) in [5, 5.41) is 4.41. The number of ether oxygens (including phenoxy) is 1. The van der Waals surface area contributed by atoms with Gasteiger partial charge in [0.1, 0.15) is 0 Å². The van der Waals surface area contributed by atoms with Crippen LogP contribution in [-0.2, 0) is 4.74 Å². The lowest BCUT2D eigenvalue weighted by Crippen LogP contribution is -2.21. The van der Waals surface area contributed by atoms with E-state index in [1.807, 2.05) is 19.1 Å². The van der Waals surface area contributed by atoms with Gasteiger partial charge in [0.05, 0.1) is 16.7 Å². The molecule has 0 fully saturated rings. The topological polar surface area (TPSA) is 21.3 Å².